The minimum Gasteiger partial charge on any atom is -0.466 e. The van der Waals surface area contributed by atoms with Gasteiger partial charge in [-0.1, -0.05) is 0 Å². The molecule has 5 heteroatoms. The third kappa shape index (κ3) is 2.84. The molecule has 5 nitrogen and oxygen atoms in total. The second-order valence-corrected chi connectivity index (χ2v) is 6.27. The van der Waals surface area contributed by atoms with Gasteiger partial charge in [0.25, 0.3) is 0 Å². The largest absolute Gasteiger partial charge is 0.466 e. The zero-order valence-corrected chi connectivity index (χ0v) is 12.4. The first-order valence-electron chi connectivity index (χ1n) is 7.77. The van der Waals surface area contributed by atoms with Gasteiger partial charge in [-0.25, -0.2) is 9.59 Å². The highest BCUT2D eigenvalue weighted by atomic mass is 16.6. The Bertz CT molecular complexity index is 450. The van der Waals surface area contributed by atoms with E-state index in [0.717, 1.165) is 51.0 Å². The molecule has 0 radical (unpaired) electrons. The van der Waals surface area contributed by atoms with E-state index in [1.165, 1.54) is 13.2 Å². The van der Waals surface area contributed by atoms with Crippen LogP contribution in [-0.2, 0) is 23.8 Å². The Morgan fingerprint density at radius 2 is 1.86 bits per heavy atom. The molecular formula is C16H22O5. The van der Waals surface area contributed by atoms with Gasteiger partial charge in [-0.3, -0.25) is 0 Å². The van der Waals surface area contributed by atoms with Crippen LogP contribution in [0.4, 0.5) is 0 Å². The number of methoxy groups -OCH3 is 1. The molecule has 3 aliphatic rings. The smallest absolute Gasteiger partial charge is 0.331 e. The average molecular weight is 294 g/mol. The third-order valence-electron chi connectivity index (χ3n) is 5.09. The SMILES string of the molecule is COC(=O)C=CC(=O)OC1(C2CC3CCC2O3)CCCC1. The number of carbonyl (C=O) groups excluding carboxylic acids is 2. The molecular weight excluding hydrogens is 272 g/mol. The van der Waals surface area contributed by atoms with Crippen molar-refractivity contribution in [2.75, 3.05) is 7.11 Å². The molecule has 1 aliphatic carbocycles. The van der Waals surface area contributed by atoms with Crippen LogP contribution in [0.1, 0.15) is 44.9 Å². The molecule has 0 N–H and O–H groups in total. The van der Waals surface area contributed by atoms with Gasteiger partial charge in [0.1, 0.15) is 5.60 Å². The Balaban J connectivity index is 1.68. The third-order valence-corrected chi connectivity index (χ3v) is 5.09. The summed E-state index contributed by atoms with van der Waals surface area (Å²) in [5.74, 6) is -0.685. The molecule has 21 heavy (non-hydrogen) atoms. The first-order chi connectivity index (χ1) is 10.1. The van der Waals surface area contributed by atoms with Crippen LogP contribution in [0.25, 0.3) is 0 Å². The molecule has 2 saturated heterocycles. The van der Waals surface area contributed by atoms with Crippen LogP contribution >= 0.6 is 0 Å². The number of rotatable bonds is 4. The summed E-state index contributed by atoms with van der Waals surface area (Å²) in [5.41, 5.74) is -0.391. The molecule has 0 spiro atoms. The number of esters is 2. The summed E-state index contributed by atoms with van der Waals surface area (Å²) in [6.45, 7) is 0. The monoisotopic (exact) mass is 294 g/mol. The van der Waals surface area contributed by atoms with E-state index < -0.39 is 17.5 Å². The summed E-state index contributed by atoms with van der Waals surface area (Å²) in [4.78, 5) is 23.1. The maximum Gasteiger partial charge on any atom is 0.331 e. The fourth-order valence-electron chi connectivity index (χ4n) is 4.15. The molecule has 116 valence electrons. The lowest BCUT2D eigenvalue weighted by Gasteiger charge is -2.37. The van der Waals surface area contributed by atoms with Crippen LogP contribution in [0.3, 0.4) is 0 Å². The first-order valence-corrected chi connectivity index (χ1v) is 7.77. The topological polar surface area (TPSA) is 61.8 Å². The molecule has 2 heterocycles. The molecule has 0 aromatic rings. The molecule has 3 rings (SSSR count). The van der Waals surface area contributed by atoms with E-state index in [0.29, 0.717) is 12.0 Å². The van der Waals surface area contributed by atoms with Gasteiger partial charge in [0.05, 0.1) is 19.3 Å². The van der Waals surface area contributed by atoms with Gasteiger partial charge in [-0.15, -0.1) is 0 Å². The Kier molecular flexibility index (Phi) is 4.02. The Labute approximate surface area is 124 Å². The molecule has 3 fully saturated rings. The lowest BCUT2D eigenvalue weighted by Crippen LogP contribution is -2.44. The van der Waals surface area contributed by atoms with Crippen LogP contribution in [0, 0.1) is 5.92 Å². The fraction of sp³-hybridized carbons (Fsp3) is 0.750. The lowest BCUT2D eigenvalue weighted by atomic mass is 9.75. The first kappa shape index (κ1) is 14.6. The quantitative estimate of drug-likeness (QED) is 0.587. The fourth-order valence-corrected chi connectivity index (χ4v) is 4.15. The highest BCUT2D eigenvalue weighted by Crippen LogP contribution is 2.51. The van der Waals surface area contributed by atoms with Gasteiger partial charge in [0.2, 0.25) is 0 Å². The summed E-state index contributed by atoms with van der Waals surface area (Å²) < 4.78 is 16.2. The molecule has 0 aromatic heterocycles. The number of ether oxygens (including phenoxy) is 3. The number of hydrogen-bond acceptors (Lipinski definition) is 5. The van der Waals surface area contributed by atoms with Crippen molar-refractivity contribution in [2.24, 2.45) is 5.92 Å². The number of fused-ring (bicyclic) bond motifs is 2. The predicted molar refractivity (Wildman–Crippen MR) is 74.4 cm³/mol. The summed E-state index contributed by atoms with van der Waals surface area (Å²) in [6, 6.07) is 0. The van der Waals surface area contributed by atoms with Gasteiger partial charge in [0.15, 0.2) is 0 Å². The molecule has 2 aliphatic heterocycles. The normalized spacial score (nSPS) is 33.5. The van der Waals surface area contributed by atoms with E-state index in [4.69, 9.17) is 9.47 Å². The van der Waals surface area contributed by atoms with Crippen molar-refractivity contribution < 1.29 is 23.8 Å². The van der Waals surface area contributed by atoms with Crippen molar-refractivity contribution in [3.05, 3.63) is 12.2 Å². The van der Waals surface area contributed by atoms with Gasteiger partial charge < -0.3 is 14.2 Å². The molecule has 0 aromatic carbocycles. The average Bonchev–Trinajstić information content (AvgIpc) is 3.21. The maximum absolute atomic E-state index is 12.0. The van der Waals surface area contributed by atoms with Crippen molar-refractivity contribution in [1.82, 2.24) is 0 Å². The molecule has 1 saturated carbocycles. The van der Waals surface area contributed by atoms with E-state index in [1.807, 2.05) is 0 Å². The summed E-state index contributed by atoms with van der Waals surface area (Å²) in [7, 11) is 1.28. The van der Waals surface area contributed by atoms with E-state index in [2.05, 4.69) is 4.74 Å². The molecule has 2 bridgehead atoms. The zero-order chi connectivity index (χ0) is 14.9. The minimum atomic E-state index is -0.546. The second-order valence-electron chi connectivity index (χ2n) is 6.27. The van der Waals surface area contributed by atoms with Crippen molar-refractivity contribution in [1.29, 1.82) is 0 Å². The van der Waals surface area contributed by atoms with Crippen molar-refractivity contribution in [2.45, 2.75) is 62.8 Å². The van der Waals surface area contributed by atoms with E-state index in [9.17, 15) is 9.59 Å². The molecule has 3 unspecified atom stereocenters. The lowest BCUT2D eigenvalue weighted by molar-refractivity contribution is -0.162. The minimum absolute atomic E-state index is 0.241. The Hall–Kier alpha value is -1.36. The van der Waals surface area contributed by atoms with Crippen molar-refractivity contribution >= 4 is 11.9 Å². The maximum atomic E-state index is 12.0. The molecule has 0 amide bonds. The van der Waals surface area contributed by atoms with Crippen molar-refractivity contribution in [3.8, 4) is 0 Å². The zero-order valence-electron chi connectivity index (χ0n) is 12.4. The van der Waals surface area contributed by atoms with E-state index in [-0.39, 0.29) is 6.10 Å². The Morgan fingerprint density at radius 3 is 2.43 bits per heavy atom. The van der Waals surface area contributed by atoms with Crippen LogP contribution in [0.5, 0.6) is 0 Å². The highest BCUT2D eigenvalue weighted by Gasteiger charge is 2.54. The van der Waals surface area contributed by atoms with Gasteiger partial charge in [-0.05, 0) is 44.9 Å². The van der Waals surface area contributed by atoms with Gasteiger partial charge >= 0.3 is 11.9 Å². The van der Waals surface area contributed by atoms with Crippen LogP contribution in [-0.4, -0.2) is 36.9 Å². The predicted octanol–water partition coefficient (Wildman–Crippen LogP) is 2.14. The van der Waals surface area contributed by atoms with Gasteiger partial charge in [-0.2, -0.15) is 0 Å². The van der Waals surface area contributed by atoms with Gasteiger partial charge in [0, 0.05) is 18.1 Å². The standard InChI is InChI=1S/C16H22O5/c1-19-14(17)6-7-15(18)21-16(8-2-3-9-16)12-10-11-4-5-13(12)20-11/h6-7,11-13H,2-5,8-10H2,1H3. The van der Waals surface area contributed by atoms with E-state index >= 15 is 0 Å². The van der Waals surface area contributed by atoms with Crippen LogP contribution < -0.4 is 0 Å². The number of hydrogen-bond donors (Lipinski definition) is 0. The summed E-state index contributed by atoms with van der Waals surface area (Å²) >= 11 is 0. The number of carbonyl (C=O) groups is 2. The second kappa shape index (κ2) is 5.79. The van der Waals surface area contributed by atoms with Crippen molar-refractivity contribution in [3.63, 3.8) is 0 Å². The summed E-state index contributed by atoms with van der Waals surface area (Å²) in [6.07, 6.45) is 10.1. The highest BCUT2D eigenvalue weighted by molar-refractivity contribution is 5.91. The van der Waals surface area contributed by atoms with Crippen LogP contribution in [0.15, 0.2) is 12.2 Å². The van der Waals surface area contributed by atoms with Crippen LogP contribution in [0.2, 0.25) is 0 Å². The molecule has 3 atom stereocenters. The summed E-state index contributed by atoms with van der Waals surface area (Å²) in [5, 5.41) is 0. The van der Waals surface area contributed by atoms with E-state index in [1.54, 1.807) is 0 Å². The Morgan fingerprint density at radius 1 is 1.14 bits per heavy atom.